The fourth-order valence-electron chi connectivity index (χ4n) is 2.41. The van der Waals surface area contributed by atoms with E-state index in [2.05, 4.69) is 15.8 Å². The van der Waals surface area contributed by atoms with Gasteiger partial charge in [-0.1, -0.05) is 11.6 Å². The van der Waals surface area contributed by atoms with Crippen molar-refractivity contribution in [3.05, 3.63) is 52.5 Å². The first-order chi connectivity index (χ1) is 14.5. The lowest BCUT2D eigenvalue weighted by Crippen LogP contribution is -2.21. The quantitative estimate of drug-likeness (QED) is 0.473. The Hall–Kier alpha value is -3.27. The molecule has 31 heavy (non-hydrogen) atoms. The molecule has 11 heteroatoms. The van der Waals surface area contributed by atoms with Crippen molar-refractivity contribution in [2.24, 2.45) is 5.10 Å². The summed E-state index contributed by atoms with van der Waals surface area (Å²) in [5, 5.41) is 6.09. The zero-order valence-corrected chi connectivity index (χ0v) is 17.5. The second-order valence-electron chi connectivity index (χ2n) is 6.31. The molecule has 2 N–H and O–H groups in total. The molecule has 2 amide bonds. The molecule has 0 saturated heterocycles. The number of nitrogens with zero attached hydrogens (tertiary/aromatic N) is 1. The van der Waals surface area contributed by atoms with Crippen LogP contribution in [0.15, 0.2) is 41.5 Å². The van der Waals surface area contributed by atoms with Crippen LogP contribution in [0.25, 0.3) is 0 Å². The van der Waals surface area contributed by atoms with Crippen molar-refractivity contribution in [3.63, 3.8) is 0 Å². The molecule has 0 aliphatic heterocycles. The van der Waals surface area contributed by atoms with Gasteiger partial charge in [-0.3, -0.25) is 9.59 Å². The maximum atomic E-state index is 12.8. The number of ether oxygens (including phenoxy) is 2. The largest absolute Gasteiger partial charge is 0.497 e. The smallest absolute Gasteiger partial charge is 0.416 e. The van der Waals surface area contributed by atoms with Gasteiger partial charge in [-0.15, -0.1) is 0 Å². The molecule has 0 bridgehead atoms. The fraction of sp³-hybridized carbons (Fsp3) is 0.250. The van der Waals surface area contributed by atoms with E-state index in [4.69, 9.17) is 21.1 Å². The van der Waals surface area contributed by atoms with Gasteiger partial charge in [0.15, 0.2) is 0 Å². The second kappa shape index (κ2) is 10.2. The summed E-state index contributed by atoms with van der Waals surface area (Å²) < 4.78 is 48.7. The summed E-state index contributed by atoms with van der Waals surface area (Å²) in [6.45, 7) is 1.47. The molecule has 0 aliphatic rings. The normalized spacial score (nSPS) is 11.6. The molecule has 0 spiro atoms. The average Bonchev–Trinajstić information content (AvgIpc) is 2.72. The van der Waals surface area contributed by atoms with E-state index in [0.29, 0.717) is 11.5 Å². The molecule has 2 rings (SSSR count). The molecule has 7 nitrogen and oxygen atoms in total. The van der Waals surface area contributed by atoms with Crippen LogP contribution in [0.4, 0.5) is 18.9 Å². The molecule has 0 saturated carbocycles. The highest BCUT2D eigenvalue weighted by atomic mass is 35.5. The number of amides is 2. The number of benzene rings is 2. The molecule has 0 aliphatic carbocycles. The summed E-state index contributed by atoms with van der Waals surface area (Å²) >= 11 is 5.86. The summed E-state index contributed by atoms with van der Waals surface area (Å²) in [6.07, 6.45) is -4.86. The summed E-state index contributed by atoms with van der Waals surface area (Å²) in [5.74, 6) is -0.414. The van der Waals surface area contributed by atoms with Crippen molar-refractivity contribution >= 4 is 34.8 Å². The number of hydrazone groups is 1. The SMILES string of the molecule is COc1cc(OC)cc(C(=O)N/N=C(\C)CC(=O)Nc2cc(C(F)(F)F)ccc2Cl)c1. The Morgan fingerprint density at radius 2 is 1.68 bits per heavy atom. The van der Waals surface area contributed by atoms with Gasteiger partial charge < -0.3 is 14.8 Å². The topological polar surface area (TPSA) is 89.0 Å². The molecular weight excluding hydrogens is 439 g/mol. The molecule has 2 aromatic rings. The molecular formula is C20H19ClF3N3O4. The van der Waals surface area contributed by atoms with Crippen LogP contribution in [0.1, 0.15) is 29.3 Å². The van der Waals surface area contributed by atoms with Crippen molar-refractivity contribution in [3.8, 4) is 11.5 Å². The first-order valence-corrected chi connectivity index (χ1v) is 9.14. The molecule has 0 aromatic heterocycles. The van der Waals surface area contributed by atoms with E-state index in [9.17, 15) is 22.8 Å². The van der Waals surface area contributed by atoms with Gasteiger partial charge in [0.2, 0.25) is 5.91 Å². The Kier molecular flexibility index (Phi) is 7.87. The number of methoxy groups -OCH3 is 2. The van der Waals surface area contributed by atoms with E-state index in [1.54, 1.807) is 6.07 Å². The number of nitrogens with one attached hydrogen (secondary N) is 2. The summed E-state index contributed by atoms with van der Waals surface area (Å²) in [7, 11) is 2.88. The van der Waals surface area contributed by atoms with Gasteiger partial charge in [-0.2, -0.15) is 18.3 Å². The zero-order chi connectivity index (χ0) is 23.2. The third-order valence-electron chi connectivity index (χ3n) is 3.95. The van der Waals surface area contributed by atoms with Crippen LogP contribution in [-0.2, 0) is 11.0 Å². The minimum atomic E-state index is -4.57. The van der Waals surface area contributed by atoms with Gasteiger partial charge in [0.05, 0.1) is 36.9 Å². The number of alkyl halides is 3. The van der Waals surface area contributed by atoms with E-state index in [-0.39, 0.29) is 28.4 Å². The van der Waals surface area contributed by atoms with Gasteiger partial charge in [0.25, 0.3) is 5.91 Å². The van der Waals surface area contributed by atoms with Gasteiger partial charge in [0, 0.05) is 17.3 Å². The van der Waals surface area contributed by atoms with Crippen LogP contribution in [0.2, 0.25) is 5.02 Å². The Bertz CT molecular complexity index is 987. The lowest BCUT2D eigenvalue weighted by Gasteiger charge is -2.11. The van der Waals surface area contributed by atoms with E-state index in [1.165, 1.54) is 33.3 Å². The van der Waals surface area contributed by atoms with Crippen molar-refractivity contribution < 1.29 is 32.2 Å². The highest BCUT2D eigenvalue weighted by Crippen LogP contribution is 2.33. The molecule has 0 atom stereocenters. The number of halogens is 4. The second-order valence-corrected chi connectivity index (χ2v) is 6.71. The minimum Gasteiger partial charge on any atom is -0.497 e. The number of hydrogen-bond donors (Lipinski definition) is 2. The predicted octanol–water partition coefficient (Wildman–Crippen LogP) is 4.51. The average molecular weight is 458 g/mol. The zero-order valence-electron chi connectivity index (χ0n) is 16.8. The first-order valence-electron chi connectivity index (χ1n) is 8.76. The van der Waals surface area contributed by atoms with E-state index >= 15 is 0 Å². The molecule has 166 valence electrons. The van der Waals surface area contributed by atoms with Crippen LogP contribution in [-0.4, -0.2) is 31.7 Å². The molecule has 0 fully saturated rings. The van der Waals surface area contributed by atoms with Gasteiger partial charge in [0.1, 0.15) is 11.5 Å². The van der Waals surface area contributed by atoms with E-state index in [1.807, 2.05) is 0 Å². The van der Waals surface area contributed by atoms with Crippen molar-refractivity contribution in [1.29, 1.82) is 0 Å². The summed E-state index contributed by atoms with van der Waals surface area (Å²) in [4.78, 5) is 24.4. The highest BCUT2D eigenvalue weighted by Gasteiger charge is 2.31. The number of carbonyl (C=O) groups is 2. The molecule has 0 heterocycles. The third kappa shape index (κ3) is 6.88. The van der Waals surface area contributed by atoms with Crippen molar-refractivity contribution in [2.75, 3.05) is 19.5 Å². The summed E-state index contributed by atoms with van der Waals surface area (Å²) in [5.41, 5.74) is 1.60. The van der Waals surface area contributed by atoms with E-state index in [0.717, 1.165) is 18.2 Å². The monoisotopic (exact) mass is 457 g/mol. The maximum absolute atomic E-state index is 12.8. The van der Waals surface area contributed by atoms with Gasteiger partial charge in [-0.05, 0) is 37.3 Å². The summed E-state index contributed by atoms with van der Waals surface area (Å²) in [6, 6.07) is 7.15. The Balaban J connectivity index is 2.03. The van der Waals surface area contributed by atoms with Crippen LogP contribution in [0.5, 0.6) is 11.5 Å². The Morgan fingerprint density at radius 3 is 2.23 bits per heavy atom. The number of anilines is 1. The standard InChI is InChI=1S/C20H19ClF3N3O4/c1-11(26-27-19(29)12-7-14(30-2)10-15(8-12)31-3)6-18(28)25-17-9-13(20(22,23)24)4-5-16(17)21/h4-5,7-10H,6H2,1-3H3,(H,25,28)(H,27,29)/b26-11+. The number of hydrogen-bond acceptors (Lipinski definition) is 5. The fourth-order valence-corrected chi connectivity index (χ4v) is 2.58. The Morgan fingerprint density at radius 1 is 1.06 bits per heavy atom. The van der Waals surface area contributed by atoms with Crippen LogP contribution in [0.3, 0.4) is 0 Å². The molecule has 0 unspecified atom stereocenters. The number of carbonyl (C=O) groups excluding carboxylic acids is 2. The lowest BCUT2D eigenvalue weighted by atomic mass is 10.2. The molecule has 0 radical (unpaired) electrons. The van der Waals surface area contributed by atoms with Crippen molar-refractivity contribution in [2.45, 2.75) is 19.5 Å². The predicted molar refractivity (Wildman–Crippen MR) is 110 cm³/mol. The van der Waals surface area contributed by atoms with Crippen LogP contribution >= 0.6 is 11.6 Å². The minimum absolute atomic E-state index is 0.0452. The third-order valence-corrected chi connectivity index (χ3v) is 4.28. The van der Waals surface area contributed by atoms with Crippen molar-refractivity contribution in [1.82, 2.24) is 5.43 Å². The number of rotatable bonds is 7. The molecule has 2 aromatic carbocycles. The van der Waals surface area contributed by atoms with Gasteiger partial charge in [-0.25, -0.2) is 5.43 Å². The van der Waals surface area contributed by atoms with Crippen LogP contribution in [0, 0.1) is 0 Å². The van der Waals surface area contributed by atoms with Crippen LogP contribution < -0.4 is 20.2 Å². The maximum Gasteiger partial charge on any atom is 0.416 e. The highest BCUT2D eigenvalue weighted by molar-refractivity contribution is 6.33. The van der Waals surface area contributed by atoms with Gasteiger partial charge >= 0.3 is 6.18 Å². The Labute approximate surface area is 181 Å². The van der Waals surface area contributed by atoms with E-state index < -0.39 is 23.6 Å². The lowest BCUT2D eigenvalue weighted by molar-refractivity contribution is -0.137. The first kappa shape index (κ1) is 24.0.